The number of rotatable bonds is 9. The third kappa shape index (κ3) is 5.29. The molecular formula is C18H20Cl2N2O5S. The molecule has 0 saturated carbocycles. The maximum absolute atomic E-state index is 12.8. The molecule has 0 aliphatic heterocycles. The summed E-state index contributed by atoms with van der Waals surface area (Å²) in [6.07, 6.45) is 0.635. The maximum Gasteiger partial charge on any atom is 0.263 e. The van der Waals surface area contributed by atoms with Gasteiger partial charge in [-0.15, -0.1) is 0 Å². The van der Waals surface area contributed by atoms with Gasteiger partial charge in [0.25, 0.3) is 15.9 Å². The van der Waals surface area contributed by atoms with Crippen LogP contribution >= 0.6 is 23.2 Å². The van der Waals surface area contributed by atoms with Gasteiger partial charge in [-0.25, -0.2) is 8.42 Å². The van der Waals surface area contributed by atoms with Gasteiger partial charge in [-0.05, 0) is 30.7 Å². The molecule has 0 heterocycles. The van der Waals surface area contributed by atoms with Crippen LogP contribution in [0, 0.1) is 0 Å². The summed E-state index contributed by atoms with van der Waals surface area (Å²) in [4.78, 5) is 12.2. The number of hydrogen-bond donors (Lipinski definition) is 2. The zero-order chi connectivity index (χ0) is 20.7. The molecule has 2 rings (SSSR count). The van der Waals surface area contributed by atoms with Crippen LogP contribution in [0.5, 0.6) is 5.75 Å². The Labute approximate surface area is 174 Å². The number of nitrogens with one attached hydrogen (secondary N) is 2. The van der Waals surface area contributed by atoms with Crippen molar-refractivity contribution in [2.75, 3.05) is 32.1 Å². The second-order valence-corrected chi connectivity index (χ2v) is 8.05. The lowest BCUT2D eigenvalue weighted by Gasteiger charge is -2.14. The molecule has 152 valence electrons. The molecule has 2 aromatic rings. The van der Waals surface area contributed by atoms with Gasteiger partial charge in [0.2, 0.25) is 0 Å². The maximum atomic E-state index is 12.8. The van der Waals surface area contributed by atoms with Crippen LogP contribution in [0.1, 0.15) is 16.8 Å². The Bertz CT molecular complexity index is 951. The van der Waals surface area contributed by atoms with Crippen molar-refractivity contribution in [3.8, 4) is 5.75 Å². The molecule has 28 heavy (non-hydrogen) atoms. The van der Waals surface area contributed by atoms with Crippen molar-refractivity contribution in [1.82, 2.24) is 5.32 Å². The number of carbonyl (C=O) groups is 1. The van der Waals surface area contributed by atoms with E-state index >= 15 is 0 Å². The van der Waals surface area contributed by atoms with E-state index in [2.05, 4.69) is 10.0 Å². The van der Waals surface area contributed by atoms with Crippen LogP contribution in [0.15, 0.2) is 41.3 Å². The Morgan fingerprint density at radius 1 is 1.07 bits per heavy atom. The number of amides is 1. The Balaban J connectivity index is 2.28. The number of benzene rings is 2. The van der Waals surface area contributed by atoms with Crippen molar-refractivity contribution in [3.63, 3.8) is 0 Å². The smallest absolute Gasteiger partial charge is 0.263 e. The highest BCUT2D eigenvalue weighted by Gasteiger charge is 2.23. The van der Waals surface area contributed by atoms with E-state index in [0.29, 0.717) is 19.6 Å². The van der Waals surface area contributed by atoms with Crippen LogP contribution in [-0.2, 0) is 14.8 Å². The molecule has 0 radical (unpaired) electrons. The third-order valence-electron chi connectivity index (χ3n) is 3.75. The SMILES string of the molecule is COCCCNC(=O)c1ccccc1NS(=O)(=O)c1ccc(OC)c(Cl)c1Cl. The van der Waals surface area contributed by atoms with Crippen molar-refractivity contribution in [2.24, 2.45) is 0 Å². The molecule has 7 nitrogen and oxygen atoms in total. The topological polar surface area (TPSA) is 93.7 Å². The first-order valence-electron chi connectivity index (χ1n) is 8.22. The van der Waals surface area contributed by atoms with Gasteiger partial charge in [-0.1, -0.05) is 35.3 Å². The molecule has 0 atom stereocenters. The monoisotopic (exact) mass is 446 g/mol. The second-order valence-electron chi connectivity index (χ2n) is 5.65. The number of para-hydroxylation sites is 1. The average molecular weight is 447 g/mol. The predicted octanol–water partition coefficient (Wildman–Crippen LogP) is 3.57. The molecule has 2 aromatic carbocycles. The first-order valence-corrected chi connectivity index (χ1v) is 10.5. The number of anilines is 1. The molecular weight excluding hydrogens is 427 g/mol. The predicted molar refractivity (Wildman–Crippen MR) is 109 cm³/mol. The number of hydrogen-bond acceptors (Lipinski definition) is 5. The van der Waals surface area contributed by atoms with E-state index in [0.717, 1.165) is 0 Å². The van der Waals surface area contributed by atoms with Crippen LogP contribution in [0.2, 0.25) is 10.0 Å². The van der Waals surface area contributed by atoms with E-state index < -0.39 is 15.9 Å². The lowest BCUT2D eigenvalue weighted by atomic mass is 10.1. The highest BCUT2D eigenvalue weighted by atomic mass is 35.5. The van der Waals surface area contributed by atoms with E-state index in [1.54, 1.807) is 19.2 Å². The van der Waals surface area contributed by atoms with Gasteiger partial charge >= 0.3 is 0 Å². The molecule has 10 heteroatoms. The van der Waals surface area contributed by atoms with Crippen LogP contribution < -0.4 is 14.8 Å². The summed E-state index contributed by atoms with van der Waals surface area (Å²) in [6.45, 7) is 0.902. The van der Waals surface area contributed by atoms with Crippen molar-refractivity contribution in [1.29, 1.82) is 0 Å². The highest BCUT2D eigenvalue weighted by molar-refractivity contribution is 7.92. The van der Waals surface area contributed by atoms with Crippen LogP contribution in [0.3, 0.4) is 0 Å². The number of carbonyl (C=O) groups excluding carboxylic acids is 1. The number of methoxy groups -OCH3 is 2. The molecule has 0 aliphatic rings. The second kappa shape index (κ2) is 9.97. The molecule has 1 amide bonds. The van der Waals surface area contributed by atoms with Gasteiger partial charge in [0.15, 0.2) is 0 Å². The third-order valence-corrected chi connectivity index (χ3v) is 6.13. The first kappa shape index (κ1) is 22.3. The molecule has 0 saturated heterocycles. The van der Waals surface area contributed by atoms with Gasteiger partial charge in [0, 0.05) is 20.3 Å². The Morgan fingerprint density at radius 3 is 2.46 bits per heavy atom. The number of ether oxygens (including phenoxy) is 2. The Kier molecular flexibility index (Phi) is 7.94. The van der Waals surface area contributed by atoms with Crippen molar-refractivity contribution in [3.05, 3.63) is 52.0 Å². The summed E-state index contributed by atoms with van der Waals surface area (Å²) in [5.74, 6) is -0.158. The van der Waals surface area contributed by atoms with Crippen molar-refractivity contribution >= 4 is 44.8 Å². The van der Waals surface area contributed by atoms with Gasteiger partial charge in [-0.3, -0.25) is 9.52 Å². The fraction of sp³-hybridized carbons (Fsp3) is 0.278. The molecule has 0 aromatic heterocycles. The Hall–Kier alpha value is -2.00. The summed E-state index contributed by atoms with van der Waals surface area (Å²) in [5, 5.41) is 2.53. The lowest BCUT2D eigenvalue weighted by Crippen LogP contribution is -2.26. The zero-order valence-electron chi connectivity index (χ0n) is 15.3. The molecule has 2 N–H and O–H groups in total. The van der Waals surface area contributed by atoms with E-state index in [-0.39, 0.29) is 31.9 Å². The van der Waals surface area contributed by atoms with Crippen LogP contribution in [0.4, 0.5) is 5.69 Å². The van der Waals surface area contributed by atoms with Gasteiger partial charge in [0.05, 0.1) is 23.4 Å². The van der Waals surface area contributed by atoms with E-state index in [1.807, 2.05) is 0 Å². The minimum absolute atomic E-state index is 0.0174. The summed E-state index contributed by atoms with van der Waals surface area (Å²) in [6, 6.07) is 8.94. The summed E-state index contributed by atoms with van der Waals surface area (Å²) < 4.78 is 38.0. The highest BCUT2D eigenvalue weighted by Crippen LogP contribution is 2.37. The van der Waals surface area contributed by atoms with E-state index in [4.69, 9.17) is 32.7 Å². The minimum Gasteiger partial charge on any atom is -0.495 e. The molecule has 0 fully saturated rings. The molecule has 0 unspecified atom stereocenters. The fourth-order valence-electron chi connectivity index (χ4n) is 2.36. The fourth-order valence-corrected chi connectivity index (χ4v) is 4.28. The lowest BCUT2D eigenvalue weighted by molar-refractivity contribution is 0.0949. The molecule has 0 aliphatic carbocycles. The largest absolute Gasteiger partial charge is 0.495 e. The quantitative estimate of drug-likeness (QED) is 0.574. The number of sulfonamides is 1. The zero-order valence-corrected chi connectivity index (χ0v) is 17.6. The first-order chi connectivity index (χ1) is 13.3. The van der Waals surface area contributed by atoms with Gasteiger partial charge in [0.1, 0.15) is 15.7 Å². The van der Waals surface area contributed by atoms with E-state index in [9.17, 15) is 13.2 Å². The summed E-state index contributed by atoms with van der Waals surface area (Å²) in [7, 11) is -1.13. The van der Waals surface area contributed by atoms with Crippen LogP contribution in [0.25, 0.3) is 0 Å². The minimum atomic E-state index is -4.10. The van der Waals surface area contributed by atoms with Crippen molar-refractivity contribution < 1.29 is 22.7 Å². The van der Waals surface area contributed by atoms with Gasteiger partial charge < -0.3 is 14.8 Å². The van der Waals surface area contributed by atoms with Crippen molar-refractivity contribution in [2.45, 2.75) is 11.3 Å². The average Bonchev–Trinajstić information content (AvgIpc) is 2.67. The Morgan fingerprint density at radius 2 is 1.79 bits per heavy atom. The molecule has 0 spiro atoms. The summed E-state index contributed by atoms with van der Waals surface area (Å²) in [5.41, 5.74) is 0.300. The van der Waals surface area contributed by atoms with E-state index in [1.165, 1.54) is 31.4 Å². The van der Waals surface area contributed by atoms with Gasteiger partial charge in [-0.2, -0.15) is 0 Å². The normalized spacial score (nSPS) is 11.1. The standard InChI is InChI=1S/C18H20Cl2N2O5S/c1-26-11-5-10-21-18(23)12-6-3-4-7-13(12)22-28(24,25)15-9-8-14(27-2)16(19)17(15)20/h3-4,6-9,22H,5,10-11H2,1-2H3,(H,21,23). The van der Waals surface area contributed by atoms with Crippen LogP contribution in [-0.4, -0.2) is 41.7 Å². The number of halogens is 2. The molecule has 0 bridgehead atoms. The summed E-state index contributed by atoms with van der Waals surface area (Å²) >= 11 is 12.2.